The number of guanidine groups is 1. The molecule has 2 aromatic carbocycles. The van der Waals surface area contributed by atoms with Crippen molar-refractivity contribution in [2.45, 2.75) is 43.1 Å². The summed E-state index contributed by atoms with van der Waals surface area (Å²) in [5, 5.41) is 30.7. The van der Waals surface area contributed by atoms with Gasteiger partial charge in [0.2, 0.25) is 5.91 Å². The third-order valence-corrected chi connectivity index (χ3v) is 8.85. The summed E-state index contributed by atoms with van der Waals surface area (Å²) in [7, 11) is 1.62. The molecule has 0 radical (unpaired) electrons. The van der Waals surface area contributed by atoms with Gasteiger partial charge in [-0.25, -0.2) is 0 Å². The number of carbonyl (C=O) groups is 1. The summed E-state index contributed by atoms with van der Waals surface area (Å²) in [5.41, 5.74) is 2.16. The molecule has 2 fully saturated rings. The van der Waals surface area contributed by atoms with Crippen molar-refractivity contribution in [2.24, 2.45) is 0 Å². The molecule has 2 atom stereocenters. The van der Waals surface area contributed by atoms with Gasteiger partial charge in [0.25, 0.3) is 0 Å². The quantitative estimate of drug-likeness (QED) is 0.535. The average Bonchev–Trinajstić information content (AvgIpc) is 3.35. The van der Waals surface area contributed by atoms with Crippen LogP contribution < -0.4 is 5.32 Å². The fourth-order valence-electron chi connectivity index (χ4n) is 5.14. The molecule has 2 heterocycles. The van der Waals surface area contributed by atoms with Gasteiger partial charge in [0.1, 0.15) is 0 Å². The van der Waals surface area contributed by atoms with E-state index in [1.54, 1.807) is 24.5 Å². The molecule has 1 aliphatic heterocycles. The number of hydrogen-bond acceptors (Lipinski definition) is 5. The normalized spacial score (nSPS) is 23.1. The van der Waals surface area contributed by atoms with Crippen LogP contribution in [0, 0.1) is 28.1 Å². The van der Waals surface area contributed by atoms with Crippen molar-refractivity contribution in [1.82, 2.24) is 10.2 Å². The lowest BCUT2D eigenvalue weighted by atomic mass is 9.65. The smallest absolute Gasteiger partial charge is 0.239 e. The third kappa shape index (κ3) is 3.60. The van der Waals surface area contributed by atoms with Crippen LogP contribution in [-0.2, 0) is 15.7 Å². The molecular formula is C28H25N5OS. The Balaban J connectivity index is 1.55. The molecule has 3 aromatic rings. The Bertz CT molecular complexity index is 1410. The zero-order chi connectivity index (χ0) is 24.8. The lowest BCUT2D eigenvalue weighted by Crippen LogP contribution is -2.62. The van der Waals surface area contributed by atoms with E-state index in [0.29, 0.717) is 5.56 Å². The van der Waals surface area contributed by atoms with E-state index in [9.17, 15) is 15.3 Å². The SMILES string of the molecule is CN1C(=N)NC(C)(c2ccc(-c3cccc(C#N)c3)s2)C(c2ccc(C3(C#N)CCC3)cc2)C1=O. The Hall–Kier alpha value is -3.94. The summed E-state index contributed by atoms with van der Waals surface area (Å²) in [6.07, 6.45) is 2.80. The molecule has 1 aromatic heterocycles. The van der Waals surface area contributed by atoms with Crippen LogP contribution in [0.2, 0.25) is 0 Å². The van der Waals surface area contributed by atoms with Crippen molar-refractivity contribution < 1.29 is 4.79 Å². The van der Waals surface area contributed by atoms with Crippen LogP contribution in [0.3, 0.4) is 0 Å². The second-order valence-electron chi connectivity index (χ2n) is 9.53. The lowest BCUT2D eigenvalue weighted by molar-refractivity contribution is -0.131. The first-order valence-electron chi connectivity index (χ1n) is 11.6. The largest absolute Gasteiger partial charge is 0.345 e. The Kier molecular flexibility index (Phi) is 5.46. The minimum absolute atomic E-state index is 0.0599. The van der Waals surface area contributed by atoms with E-state index in [1.807, 2.05) is 61.5 Å². The van der Waals surface area contributed by atoms with Crippen LogP contribution in [0.4, 0.5) is 0 Å². The highest BCUT2D eigenvalue weighted by atomic mass is 32.1. The first kappa shape index (κ1) is 22.8. The van der Waals surface area contributed by atoms with E-state index in [4.69, 9.17) is 5.41 Å². The van der Waals surface area contributed by atoms with Gasteiger partial charge in [-0.3, -0.25) is 15.1 Å². The van der Waals surface area contributed by atoms with Gasteiger partial charge in [-0.05, 0) is 67.1 Å². The van der Waals surface area contributed by atoms with Crippen molar-refractivity contribution in [1.29, 1.82) is 15.9 Å². The van der Waals surface area contributed by atoms with Crippen LogP contribution in [0.15, 0.2) is 60.7 Å². The predicted octanol–water partition coefficient (Wildman–Crippen LogP) is 5.23. The Morgan fingerprint density at radius 3 is 2.49 bits per heavy atom. The van der Waals surface area contributed by atoms with Crippen molar-refractivity contribution in [3.63, 3.8) is 0 Å². The number of likely N-dealkylation sites (N-methyl/N-ethyl adjacent to an activating group) is 1. The summed E-state index contributed by atoms with van der Waals surface area (Å²) < 4.78 is 0. The fraction of sp³-hybridized carbons (Fsp3) is 0.286. The van der Waals surface area contributed by atoms with Crippen LogP contribution in [0.1, 0.15) is 53.7 Å². The molecular weight excluding hydrogens is 454 g/mol. The van der Waals surface area contributed by atoms with Gasteiger partial charge in [0.15, 0.2) is 5.96 Å². The van der Waals surface area contributed by atoms with Gasteiger partial charge in [0, 0.05) is 16.8 Å². The highest BCUT2D eigenvalue weighted by Gasteiger charge is 2.49. The number of hydrogen-bond donors (Lipinski definition) is 2. The number of nitriles is 2. The highest BCUT2D eigenvalue weighted by molar-refractivity contribution is 7.15. The maximum absolute atomic E-state index is 13.6. The van der Waals surface area contributed by atoms with Crippen LogP contribution in [0.5, 0.6) is 0 Å². The van der Waals surface area contributed by atoms with E-state index in [-0.39, 0.29) is 11.9 Å². The number of rotatable bonds is 4. The summed E-state index contributed by atoms with van der Waals surface area (Å²) in [6, 6.07) is 24.0. The maximum atomic E-state index is 13.6. The Labute approximate surface area is 208 Å². The molecule has 1 aliphatic carbocycles. The van der Waals surface area contributed by atoms with E-state index in [0.717, 1.165) is 45.7 Å². The minimum Gasteiger partial charge on any atom is -0.345 e. The molecule has 2 unspecified atom stereocenters. The fourth-order valence-corrected chi connectivity index (χ4v) is 6.27. The van der Waals surface area contributed by atoms with Crippen LogP contribution >= 0.6 is 11.3 Å². The zero-order valence-corrected chi connectivity index (χ0v) is 20.4. The summed E-state index contributed by atoms with van der Waals surface area (Å²) in [6.45, 7) is 1.97. The number of nitrogens with one attached hydrogen (secondary N) is 2. The van der Waals surface area contributed by atoms with Crippen molar-refractivity contribution in [3.05, 3.63) is 82.2 Å². The predicted molar refractivity (Wildman–Crippen MR) is 136 cm³/mol. The van der Waals surface area contributed by atoms with Gasteiger partial charge >= 0.3 is 0 Å². The zero-order valence-electron chi connectivity index (χ0n) is 19.6. The molecule has 0 bridgehead atoms. The first-order valence-corrected chi connectivity index (χ1v) is 12.4. The summed E-state index contributed by atoms with van der Waals surface area (Å²) >= 11 is 1.56. The van der Waals surface area contributed by atoms with E-state index < -0.39 is 16.9 Å². The van der Waals surface area contributed by atoms with E-state index in [2.05, 4.69) is 17.5 Å². The minimum atomic E-state index is -0.832. The number of nitrogens with zero attached hydrogens (tertiary/aromatic N) is 3. The molecule has 0 spiro atoms. The van der Waals surface area contributed by atoms with E-state index >= 15 is 0 Å². The van der Waals surface area contributed by atoms with Gasteiger partial charge < -0.3 is 5.32 Å². The van der Waals surface area contributed by atoms with Gasteiger partial charge in [-0.1, -0.05) is 36.4 Å². The van der Waals surface area contributed by atoms with E-state index in [1.165, 1.54) is 4.90 Å². The van der Waals surface area contributed by atoms with Gasteiger partial charge in [0.05, 0.1) is 34.6 Å². The number of benzene rings is 2. The topological polar surface area (TPSA) is 104 Å². The third-order valence-electron chi connectivity index (χ3n) is 7.48. The second kappa shape index (κ2) is 8.37. The van der Waals surface area contributed by atoms with Crippen LogP contribution in [-0.4, -0.2) is 23.8 Å². The Morgan fingerprint density at radius 2 is 1.86 bits per heavy atom. The molecule has 7 heteroatoms. The van der Waals surface area contributed by atoms with Crippen LogP contribution in [0.25, 0.3) is 10.4 Å². The molecule has 6 nitrogen and oxygen atoms in total. The number of amides is 1. The van der Waals surface area contributed by atoms with Crippen molar-refractivity contribution >= 4 is 23.2 Å². The Morgan fingerprint density at radius 1 is 1.11 bits per heavy atom. The molecule has 5 rings (SSSR count). The lowest BCUT2D eigenvalue weighted by Gasteiger charge is -2.45. The molecule has 35 heavy (non-hydrogen) atoms. The van der Waals surface area contributed by atoms with Crippen molar-refractivity contribution in [3.8, 4) is 22.6 Å². The first-order chi connectivity index (χ1) is 16.8. The second-order valence-corrected chi connectivity index (χ2v) is 10.6. The molecule has 2 aliphatic rings. The monoisotopic (exact) mass is 479 g/mol. The summed E-state index contributed by atoms with van der Waals surface area (Å²) in [5.74, 6) is -0.638. The summed E-state index contributed by atoms with van der Waals surface area (Å²) in [4.78, 5) is 16.8. The van der Waals surface area contributed by atoms with Gasteiger partial charge in [-0.15, -0.1) is 11.3 Å². The molecule has 1 saturated heterocycles. The average molecular weight is 480 g/mol. The van der Waals surface area contributed by atoms with Gasteiger partial charge in [-0.2, -0.15) is 10.5 Å². The molecule has 1 amide bonds. The number of thiophene rings is 1. The maximum Gasteiger partial charge on any atom is 0.239 e. The highest BCUT2D eigenvalue weighted by Crippen LogP contribution is 2.47. The molecule has 1 saturated carbocycles. The number of carbonyl (C=O) groups excluding carboxylic acids is 1. The standard InChI is InChI=1S/C28H25N5OS/c1-27(23-12-11-22(35-23)20-6-3-5-18(15-20)16-29)24(25(34)33(2)26(31)32-27)19-7-9-21(10-8-19)28(17-30)13-4-14-28/h3,5-12,15,24H,4,13-14H2,1-2H3,(H2,31,32). The molecule has 2 N–H and O–H groups in total. The van der Waals surface area contributed by atoms with Crippen molar-refractivity contribution in [2.75, 3.05) is 7.05 Å². The molecule has 174 valence electrons.